The fraction of sp³-hybridized carbons (Fsp3) is 0.727. The highest BCUT2D eigenvalue weighted by Crippen LogP contribution is 2.05. The molecular formula is C11H24N4O5. The van der Waals surface area contributed by atoms with Crippen molar-refractivity contribution in [3.63, 3.8) is 0 Å². The lowest BCUT2D eigenvalue weighted by atomic mass is 10.4. The zero-order chi connectivity index (χ0) is 16.3. The van der Waals surface area contributed by atoms with E-state index in [0.29, 0.717) is 0 Å². The van der Waals surface area contributed by atoms with Crippen molar-refractivity contribution in [1.29, 1.82) is 0 Å². The molecule has 0 aliphatic carbocycles. The number of carboxylic acid groups (broad SMARTS) is 2. The van der Waals surface area contributed by atoms with E-state index in [2.05, 4.69) is 0 Å². The van der Waals surface area contributed by atoms with Gasteiger partial charge in [-0.1, -0.05) is 0 Å². The Morgan fingerprint density at radius 2 is 1.20 bits per heavy atom. The molecule has 0 aromatic rings. The number of aliphatic carboxylic acids is 2. The molecule has 0 aromatic heterocycles. The van der Waals surface area contributed by atoms with Gasteiger partial charge in [-0.25, -0.2) is 4.79 Å². The third-order valence-electron chi connectivity index (χ3n) is 2.20. The van der Waals surface area contributed by atoms with E-state index in [-0.39, 0.29) is 6.03 Å². The molecule has 118 valence electrons. The van der Waals surface area contributed by atoms with Crippen LogP contribution in [-0.4, -0.2) is 58.3 Å². The Morgan fingerprint density at radius 1 is 0.950 bits per heavy atom. The number of hydrogen-bond donors (Lipinski definition) is 5. The first-order valence-corrected chi connectivity index (χ1v) is 6.10. The highest BCUT2D eigenvalue weighted by atomic mass is 16.4. The Bertz CT molecular complexity index is 296. The quantitative estimate of drug-likeness (QED) is 0.433. The number of rotatable bonds is 2. The maximum Gasteiger partial charge on any atom is 0.320 e. The van der Waals surface area contributed by atoms with Gasteiger partial charge in [0.15, 0.2) is 0 Å². The molecule has 1 aliphatic heterocycles. The molecule has 2 atom stereocenters. The summed E-state index contributed by atoms with van der Waals surface area (Å²) in [6.45, 7) is 4.55. The van der Waals surface area contributed by atoms with Gasteiger partial charge in [0.25, 0.3) is 0 Å². The molecule has 0 unspecified atom stereocenters. The molecule has 8 N–H and O–H groups in total. The molecule has 9 heteroatoms. The fourth-order valence-electron chi connectivity index (χ4n) is 0.938. The van der Waals surface area contributed by atoms with Crippen LogP contribution < -0.4 is 17.2 Å². The van der Waals surface area contributed by atoms with Crippen LogP contribution >= 0.6 is 0 Å². The second-order valence-electron chi connectivity index (χ2n) is 4.29. The predicted molar refractivity (Wildman–Crippen MR) is 73.0 cm³/mol. The number of carboxylic acids is 2. The van der Waals surface area contributed by atoms with Crippen LogP contribution in [0.15, 0.2) is 0 Å². The topological polar surface area (TPSA) is 173 Å². The van der Waals surface area contributed by atoms with Crippen LogP contribution in [0.3, 0.4) is 0 Å². The Kier molecular flexibility index (Phi) is 11.2. The largest absolute Gasteiger partial charge is 0.480 e. The number of nitrogens with zero attached hydrogens (tertiary/aromatic N) is 1. The lowest BCUT2D eigenvalue weighted by Crippen LogP contribution is -2.32. The van der Waals surface area contributed by atoms with Gasteiger partial charge in [-0.15, -0.1) is 0 Å². The van der Waals surface area contributed by atoms with Crippen LogP contribution in [0, 0.1) is 0 Å². The van der Waals surface area contributed by atoms with Crippen molar-refractivity contribution in [2.75, 3.05) is 13.1 Å². The number of nitrogens with two attached hydrogens (primary N) is 3. The molecule has 0 aromatic carbocycles. The molecule has 0 bridgehead atoms. The molecule has 20 heavy (non-hydrogen) atoms. The van der Waals surface area contributed by atoms with Gasteiger partial charge in [-0.3, -0.25) is 9.59 Å². The minimum absolute atomic E-state index is 0.275. The molecule has 1 fully saturated rings. The fourth-order valence-corrected chi connectivity index (χ4v) is 0.938. The first-order valence-electron chi connectivity index (χ1n) is 6.10. The molecule has 1 aliphatic rings. The van der Waals surface area contributed by atoms with Crippen molar-refractivity contribution in [3.05, 3.63) is 0 Å². The highest BCUT2D eigenvalue weighted by molar-refractivity contribution is 5.72. The average Bonchev–Trinajstić information content (AvgIpc) is 2.83. The van der Waals surface area contributed by atoms with E-state index in [9.17, 15) is 14.4 Å². The van der Waals surface area contributed by atoms with Crippen molar-refractivity contribution in [2.45, 2.75) is 38.8 Å². The van der Waals surface area contributed by atoms with Gasteiger partial charge in [0, 0.05) is 13.1 Å². The number of likely N-dealkylation sites (tertiary alicyclic amines) is 1. The lowest BCUT2D eigenvalue weighted by molar-refractivity contribution is -0.139. The first kappa shape index (κ1) is 20.4. The summed E-state index contributed by atoms with van der Waals surface area (Å²) >= 11 is 0. The van der Waals surface area contributed by atoms with Crippen molar-refractivity contribution in [3.8, 4) is 0 Å². The zero-order valence-electron chi connectivity index (χ0n) is 11.8. The smallest absolute Gasteiger partial charge is 0.320 e. The van der Waals surface area contributed by atoms with Gasteiger partial charge >= 0.3 is 18.0 Å². The van der Waals surface area contributed by atoms with Crippen LogP contribution in [0.25, 0.3) is 0 Å². The second kappa shape index (κ2) is 11.0. The normalized spacial score (nSPS) is 15.9. The monoisotopic (exact) mass is 292 g/mol. The van der Waals surface area contributed by atoms with E-state index < -0.39 is 24.0 Å². The molecule has 0 radical (unpaired) electrons. The van der Waals surface area contributed by atoms with Gasteiger partial charge in [-0.05, 0) is 26.7 Å². The first-order chi connectivity index (χ1) is 9.09. The number of carbonyl (C=O) groups excluding carboxylic acids is 1. The summed E-state index contributed by atoms with van der Waals surface area (Å²) in [5, 5.41) is 15.7. The Morgan fingerprint density at radius 3 is 1.30 bits per heavy atom. The van der Waals surface area contributed by atoms with Crippen LogP contribution in [0.4, 0.5) is 4.79 Å². The molecule has 0 spiro atoms. The number of hydrogen-bond acceptors (Lipinski definition) is 5. The van der Waals surface area contributed by atoms with E-state index in [4.69, 9.17) is 27.4 Å². The summed E-state index contributed by atoms with van der Waals surface area (Å²) < 4.78 is 0. The summed E-state index contributed by atoms with van der Waals surface area (Å²) in [5.41, 5.74) is 14.7. The van der Waals surface area contributed by atoms with Crippen LogP contribution in [0.5, 0.6) is 0 Å². The van der Waals surface area contributed by atoms with E-state index in [1.54, 1.807) is 4.90 Å². The standard InChI is InChI=1S/C5H10N2O.2C3H7NO2/c6-5(8)7-3-1-2-4-7;2*1-2(4)3(5)6/h1-4H2,(H2,6,8);2*2H,4H2,1H3,(H,5,6)/t;2*2-/m.00/s1. The number of carbonyl (C=O) groups is 3. The number of primary amides is 1. The highest BCUT2D eigenvalue weighted by Gasteiger charge is 2.13. The molecular weight excluding hydrogens is 268 g/mol. The van der Waals surface area contributed by atoms with Crippen LogP contribution in [0.2, 0.25) is 0 Å². The summed E-state index contributed by atoms with van der Waals surface area (Å²) in [4.78, 5) is 31.2. The summed E-state index contributed by atoms with van der Waals surface area (Å²) in [6, 6.07) is -1.74. The summed E-state index contributed by atoms with van der Waals surface area (Å²) in [5.74, 6) is -1.93. The number of urea groups is 1. The Hall–Kier alpha value is -1.87. The van der Waals surface area contributed by atoms with Gasteiger partial charge in [-0.2, -0.15) is 0 Å². The van der Waals surface area contributed by atoms with Crippen LogP contribution in [0.1, 0.15) is 26.7 Å². The van der Waals surface area contributed by atoms with E-state index in [1.165, 1.54) is 13.8 Å². The van der Waals surface area contributed by atoms with Gasteiger partial charge in [0.1, 0.15) is 12.1 Å². The van der Waals surface area contributed by atoms with E-state index >= 15 is 0 Å². The Labute approximate surface area is 117 Å². The lowest BCUT2D eigenvalue weighted by Gasteiger charge is -2.09. The number of amides is 2. The summed E-state index contributed by atoms with van der Waals surface area (Å²) in [6.07, 6.45) is 2.23. The third-order valence-corrected chi connectivity index (χ3v) is 2.20. The van der Waals surface area contributed by atoms with Crippen molar-refractivity contribution in [2.24, 2.45) is 17.2 Å². The van der Waals surface area contributed by atoms with Gasteiger partial charge in [0.2, 0.25) is 0 Å². The third kappa shape index (κ3) is 12.6. The molecule has 2 amide bonds. The van der Waals surface area contributed by atoms with E-state index in [0.717, 1.165) is 25.9 Å². The van der Waals surface area contributed by atoms with Crippen LogP contribution in [-0.2, 0) is 9.59 Å². The second-order valence-corrected chi connectivity index (χ2v) is 4.29. The average molecular weight is 292 g/mol. The minimum Gasteiger partial charge on any atom is -0.480 e. The molecule has 9 nitrogen and oxygen atoms in total. The van der Waals surface area contributed by atoms with Crippen molar-refractivity contribution >= 4 is 18.0 Å². The molecule has 1 heterocycles. The summed E-state index contributed by atoms with van der Waals surface area (Å²) in [7, 11) is 0. The van der Waals surface area contributed by atoms with Gasteiger partial charge in [0.05, 0.1) is 0 Å². The molecule has 1 rings (SSSR count). The maximum atomic E-state index is 10.3. The van der Waals surface area contributed by atoms with E-state index in [1.807, 2.05) is 0 Å². The predicted octanol–water partition coefficient (Wildman–Crippen LogP) is -1.00. The molecule has 1 saturated heterocycles. The van der Waals surface area contributed by atoms with Crippen molar-refractivity contribution < 1.29 is 24.6 Å². The maximum absolute atomic E-state index is 10.3. The zero-order valence-corrected chi connectivity index (χ0v) is 11.8. The minimum atomic E-state index is -0.963. The molecule has 0 saturated carbocycles. The SMILES string of the molecule is C[C@H](N)C(=O)O.C[C@H](N)C(=O)O.NC(=O)N1CCCC1. The van der Waals surface area contributed by atoms with Crippen molar-refractivity contribution in [1.82, 2.24) is 4.90 Å². The Balaban J connectivity index is 0. The van der Waals surface area contributed by atoms with Gasteiger partial charge < -0.3 is 32.3 Å².